The standard InChI is InChI=1S/C17H18N4O4S/c1-17(24)13(23)10(6-22)25-16(17)21-5-9-8-2-3-26-11(8)4-18-14-12(9)15(21)20-7-19-14/h2-3,5,7,10,13,16,22-24H,4,6H2,1H3,(H,18,19,20)/t10-,13-,16?,17+/m1/s1. The molecule has 0 saturated carbocycles. The van der Waals surface area contributed by atoms with Crippen LogP contribution in [0.3, 0.4) is 0 Å². The van der Waals surface area contributed by atoms with Crippen molar-refractivity contribution in [3.05, 3.63) is 28.8 Å². The van der Waals surface area contributed by atoms with E-state index in [1.807, 2.05) is 11.6 Å². The third-order valence-electron chi connectivity index (χ3n) is 5.25. The van der Waals surface area contributed by atoms with Crippen LogP contribution in [0.1, 0.15) is 18.0 Å². The minimum atomic E-state index is -1.57. The lowest BCUT2D eigenvalue weighted by Gasteiger charge is -2.27. The van der Waals surface area contributed by atoms with Gasteiger partial charge in [0.2, 0.25) is 0 Å². The van der Waals surface area contributed by atoms with Crippen LogP contribution in [0, 0.1) is 0 Å². The Bertz CT molecular complexity index is 998. The molecule has 0 bridgehead atoms. The second-order valence-corrected chi connectivity index (χ2v) is 7.86. The number of hydrogen-bond donors (Lipinski definition) is 4. The monoisotopic (exact) mass is 374 g/mol. The van der Waals surface area contributed by atoms with Crippen molar-refractivity contribution in [2.45, 2.75) is 37.5 Å². The van der Waals surface area contributed by atoms with Crippen LogP contribution in [0.5, 0.6) is 0 Å². The molecule has 0 spiro atoms. The first-order valence-corrected chi connectivity index (χ1v) is 9.23. The van der Waals surface area contributed by atoms with Crippen LogP contribution >= 0.6 is 11.3 Å². The molecule has 0 radical (unpaired) electrons. The number of nitrogens with one attached hydrogen (secondary N) is 1. The first kappa shape index (κ1) is 16.2. The smallest absolute Gasteiger partial charge is 0.167 e. The van der Waals surface area contributed by atoms with Crippen molar-refractivity contribution in [1.82, 2.24) is 14.5 Å². The Morgan fingerprint density at radius 2 is 2.27 bits per heavy atom. The molecule has 3 aromatic rings. The highest BCUT2D eigenvalue weighted by atomic mass is 32.1. The largest absolute Gasteiger partial charge is 0.394 e. The number of rotatable bonds is 2. The summed E-state index contributed by atoms with van der Waals surface area (Å²) in [5.74, 6) is 0.726. The topological polar surface area (TPSA) is 113 Å². The summed E-state index contributed by atoms with van der Waals surface area (Å²) in [7, 11) is 0. The Kier molecular flexibility index (Phi) is 3.40. The number of aliphatic hydroxyl groups excluding tert-OH is 2. The van der Waals surface area contributed by atoms with Crippen molar-refractivity contribution in [1.29, 1.82) is 0 Å². The normalized spacial score (nSPS) is 30.2. The predicted octanol–water partition coefficient (Wildman–Crippen LogP) is 1.09. The van der Waals surface area contributed by atoms with E-state index in [-0.39, 0.29) is 6.61 Å². The fourth-order valence-corrected chi connectivity index (χ4v) is 4.70. The fraction of sp³-hybridized carbons (Fsp3) is 0.412. The van der Waals surface area contributed by atoms with Gasteiger partial charge in [-0.05, 0) is 23.9 Å². The van der Waals surface area contributed by atoms with Gasteiger partial charge in [0.25, 0.3) is 0 Å². The van der Waals surface area contributed by atoms with E-state index in [2.05, 4.69) is 21.4 Å². The Labute approximate surface area is 152 Å². The van der Waals surface area contributed by atoms with Gasteiger partial charge >= 0.3 is 0 Å². The summed E-state index contributed by atoms with van der Waals surface area (Å²) in [6.45, 7) is 1.82. The highest BCUT2D eigenvalue weighted by Gasteiger charge is 2.53. The van der Waals surface area contributed by atoms with Gasteiger partial charge in [0, 0.05) is 16.6 Å². The van der Waals surface area contributed by atoms with E-state index >= 15 is 0 Å². The molecule has 8 nitrogen and oxygen atoms in total. The Morgan fingerprint density at radius 1 is 1.42 bits per heavy atom. The van der Waals surface area contributed by atoms with Crippen molar-refractivity contribution in [2.24, 2.45) is 0 Å². The zero-order valence-corrected chi connectivity index (χ0v) is 14.8. The van der Waals surface area contributed by atoms with E-state index in [1.54, 1.807) is 15.9 Å². The Morgan fingerprint density at radius 3 is 3.04 bits per heavy atom. The molecule has 136 valence electrons. The van der Waals surface area contributed by atoms with Gasteiger partial charge in [-0.1, -0.05) is 0 Å². The maximum atomic E-state index is 10.9. The fourth-order valence-electron chi connectivity index (χ4n) is 3.87. The van der Waals surface area contributed by atoms with E-state index in [0.29, 0.717) is 12.2 Å². The van der Waals surface area contributed by atoms with Crippen molar-refractivity contribution in [3.63, 3.8) is 0 Å². The number of aromatic nitrogens is 3. The van der Waals surface area contributed by atoms with E-state index in [4.69, 9.17) is 4.74 Å². The molecule has 1 unspecified atom stereocenters. The molecule has 4 atom stereocenters. The number of anilines is 1. The molecule has 4 N–H and O–H groups in total. The van der Waals surface area contributed by atoms with Crippen LogP contribution in [0.25, 0.3) is 22.2 Å². The molecule has 9 heteroatoms. The molecule has 2 aliphatic rings. The highest BCUT2D eigenvalue weighted by molar-refractivity contribution is 7.10. The SMILES string of the molecule is C[C@@]1(O)C(n2cc3c4c(ncnc42)NCc2sccc2-3)O[C@H](CO)[C@H]1O. The summed E-state index contributed by atoms with van der Waals surface area (Å²) in [5, 5.41) is 36.9. The summed E-state index contributed by atoms with van der Waals surface area (Å²) in [6, 6.07) is 2.06. The zero-order chi connectivity index (χ0) is 18.1. The van der Waals surface area contributed by atoms with Gasteiger partial charge in [-0.3, -0.25) is 0 Å². The summed E-state index contributed by atoms with van der Waals surface area (Å²) in [4.78, 5) is 9.96. The molecule has 2 aliphatic heterocycles. The van der Waals surface area contributed by atoms with Crippen LogP contribution in [-0.4, -0.2) is 54.3 Å². The third kappa shape index (κ3) is 2.03. The summed E-state index contributed by atoms with van der Waals surface area (Å²) in [6.07, 6.45) is 0.402. The lowest BCUT2D eigenvalue weighted by Crippen LogP contribution is -2.44. The van der Waals surface area contributed by atoms with Gasteiger partial charge in [-0.2, -0.15) is 0 Å². The number of thiophene rings is 1. The number of aliphatic hydroxyl groups is 3. The molecule has 3 aromatic heterocycles. The van der Waals surface area contributed by atoms with E-state index in [9.17, 15) is 15.3 Å². The summed E-state index contributed by atoms with van der Waals surface area (Å²) >= 11 is 1.67. The quantitative estimate of drug-likeness (QED) is 0.531. The second kappa shape index (κ2) is 5.48. The average molecular weight is 374 g/mol. The lowest BCUT2D eigenvalue weighted by atomic mass is 9.96. The van der Waals surface area contributed by atoms with Gasteiger partial charge in [-0.25, -0.2) is 9.97 Å². The van der Waals surface area contributed by atoms with Gasteiger partial charge in [0.15, 0.2) is 6.23 Å². The zero-order valence-electron chi connectivity index (χ0n) is 14.0. The van der Waals surface area contributed by atoms with Crippen molar-refractivity contribution in [2.75, 3.05) is 11.9 Å². The number of nitrogens with zero attached hydrogens (tertiary/aromatic N) is 3. The van der Waals surface area contributed by atoms with Gasteiger partial charge in [0.05, 0.1) is 18.5 Å². The second-order valence-electron chi connectivity index (χ2n) is 6.86. The number of hydrogen-bond acceptors (Lipinski definition) is 8. The number of ether oxygens (including phenoxy) is 1. The molecule has 0 amide bonds. The minimum Gasteiger partial charge on any atom is -0.394 e. The maximum absolute atomic E-state index is 10.9. The van der Waals surface area contributed by atoms with E-state index in [0.717, 1.165) is 22.3 Å². The summed E-state index contributed by atoms with van der Waals surface area (Å²) < 4.78 is 7.51. The van der Waals surface area contributed by atoms with E-state index in [1.165, 1.54) is 18.1 Å². The van der Waals surface area contributed by atoms with Crippen LogP contribution in [0.15, 0.2) is 24.0 Å². The summed E-state index contributed by atoms with van der Waals surface area (Å²) in [5.41, 5.74) is 1.08. The highest BCUT2D eigenvalue weighted by Crippen LogP contribution is 2.45. The molecular weight excluding hydrogens is 356 g/mol. The molecule has 5 heterocycles. The van der Waals surface area contributed by atoms with Crippen LogP contribution in [-0.2, 0) is 11.3 Å². The lowest BCUT2D eigenvalue weighted by molar-refractivity contribution is -0.0948. The third-order valence-corrected chi connectivity index (χ3v) is 6.17. The minimum absolute atomic E-state index is 0.379. The number of fused-ring (bicyclic) bond motifs is 2. The van der Waals surface area contributed by atoms with Gasteiger partial charge in [0.1, 0.15) is 35.6 Å². The predicted molar refractivity (Wildman–Crippen MR) is 95.8 cm³/mol. The molecule has 26 heavy (non-hydrogen) atoms. The van der Waals surface area contributed by atoms with Crippen LogP contribution in [0.2, 0.25) is 0 Å². The molecule has 0 aromatic carbocycles. The molecule has 0 aliphatic carbocycles. The Balaban J connectivity index is 1.75. The van der Waals surface area contributed by atoms with Gasteiger partial charge in [-0.15, -0.1) is 11.3 Å². The van der Waals surface area contributed by atoms with Crippen molar-refractivity contribution < 1.29 is 20.1 Å². The molecular formula is C17H18N4O4S. The van der Waals surface area contributed by atoms with E-state index < -0.39 is 24.0 Å². The first-order chi connectivity index (χ1) is 12.5. The van der Waals surface area contributed by atoms with Gasteiger partial charge < -0.3 is 29.9 Å². The molecule has 1 fully saturated rings. The van der Waals surface area contributed by atoms with Crippen molar-refractivity contribution >= 4 is 28.2 Å². The average Bonchev–Trinajstić information content (AvgIpc) is 3.27. The maximum Gasteiger partial charge on any atom is 0.167 e. The first-order valence-electron chi connectivity index (χ1n) is 8.35. The van der Waals surface area contributed by atoms with Crippen LogP contribution in [0.4, 0.5) is 5.82 Å². The Hall–Kier alpha value is -2.04. The molecule has 1 saturated heterocycles. The van der Waals surface area contributed by atoms with Crippen molar-refractivity contribution in [3.8, 4) is 11.1 Å². The van der Waals surface area contributed by atoms with Crippen LogP contribution < -0.4 is 5.32 Å². The molecule has 5 rings (SSSR count).